The first-order chi connectivity index (χ1) is 8.84. The lowest BCUT2D eigenvalue weighted by atomic mass is 9.99. The number of nitrogens with zero attached hydrogens (tertiary/aromatic N) is 1. The third-order valence-electron chi connectivity index (χ3n) is 4.13. The molecule has 3 rings (SSSR count). The molecule has 0 aliphatic carbocycles. The molecule has 2 heterocycles. The second-order valence-corrected chi connectivity index (χ2v) is 5.33. The van der Waals surface area contributed by atoms with E-state index in [9.17, 15) is 4.79 Å². The number of carbonyl (C=O) groups excluding carboxylic acids is 1. The maximum atomic E-state index is 12.3. The van der Waals surface area contributed by atoms with Crippen LogP contribution < -0.4 is 5.32 Å². The number of nitrogens with one attached hydrogen (secondary N) is 1. The first kappa shape index (κ1) is 11.7. The molecule has 0 bridgehead atoms. The van der Waals surface area contributed by atoms with E-state index in [1.165, 1.54) is 5.56 Å². The van der Waals surface area contributed by atoms with E-state index in [4.69, 9.17) is 0 Å². The molecule has 0 saturated carbocycles. The Balaban J connectivity index is 1.63. The molecule has 1 N–H and O–H groups in total. The number of benzene rings is 1. The van der Waals surface area contributed by atoms with Gasteiger partial charge in [-0.1, -0.05) is 30.3 Å². The summed E-state index contributed by atoms with van der Waals surface area (Å²) in [6.07, 6.45) is 3.24. The molecule has 2 atom stereocenters. The van der Waals surface area contributed by atoms with Crippen molar-refractivity contribution < 1.29 is 4.79 Å². The Hall–Kier alpha value is -1.35. The number of carbonyl (C=O) groups is 1. The molecule has 0 radical (unpaired) electrons. The van der Waals surface area contributed by atoms with Crippen molar-refractivity contribution in [3.8, 4) is 0 Å². The van der Waals surface area contributed by atoms with Gasteiger partial charge in [-0.25, -0.2) is 0 Å². The molecular weight excluding hydrogens is 224 g/mol. The average Bonchev–Trinajstić information content (AvgIpc) is 3.10. The van der Waals surface area contributed by atoms with Crippen LogP contribution in [0.2, 0.25) is 0 Å². The van der Waals surface area contributed by atoms with Gasteiger partial charge in [0.25, 0.3) is 0 Å². The lowest BCUT2D eigenvalue weighted by molar-refractivity contribution is -0.132. The predicted octanol–water partition coefficient (Wildman–Crippen LogP) is 1.75. The van der Waals surface area contributed by atoms with Crippen molar-refractivity contribution in [3.63, 3.8) is 0 Å². The molecule has 2 aliphatic heterocycles. The van der Waals surface area contributed by atoms with Gasteiger partial charge in [0.05, 0.1) is 6.04 Å². The van der Waals surface area contributed by atoms with E-state index in [0.717, 1.165) is 38.9 Å². The maximum absolute atomic E-state index is 12.3. The van der Waals surface area contributed by atoms with Gasteiger partial charge in [0.2, 0.25) is 5.91 Å². The van der Waals surface area contributed by atoms with Crippen molar-refractivity contribution in [1.29, 1.82) is 0 Å². The fraction of sp³-hybridized carbons (Fsp3) is 0.533. The molecule has 2 saturated heterocycles. The summed E-state index contributed by atoms with van der Waals surface area (Å²) < 4.78 is 0. The van der Waals surface area contributed by atoms with Gasteiger partial charge in [0, 0.05) is 19.0 Å². The Morgan fingerprint density at radius 1 is 1.22 bits per heavy atom. The molecule has 1 aromatic rings. The molecule has 3 heteroatoms. The molecule has 1 amide bonds. The third-order valence-corrected chi connectivity index (χ3v) is 4.13. The molecule has 3 nitrogen and oxygen atoms in total. The molecule has 0 spiro atoms. The molecular formula is C15H20N2O. The van der Waals surface area contributed by atoms with E-state index < -0.39 is 0 Å². The molecule has 2 aliphatic rings. The van der Waals surface area contributed by atoms with Gasteiger partial charge in [0.1, 0.15) is 0 Å². The second-order valence-electron chi connectivity index (χ2n) is 5.33. The Morgan fingerprint density at radius 3 is 2.78 bits per heavy atom. The maximum Gasteiger partial charge on any atom is 0.239 e. The monoisotopic (exact) mass is 244 g/mol. The molecule has 2 fully saturated rings. The van der Waals surface area contributed by atoms with Crippen molar-refractivity contribution in [2.24, 2.45) is 0 Å². The summed E-state index contributed by atoms with van der Waals surface area (Å²) in [5, 5.41) is 3.30. The van der Waals surface area contributed by atoms with Crippen LogP contribution >= 0.6 is 0 Å². The SMILES string of the molecule is O=C(C1CCCN1)N1CCC(c2ccccc2)C1. The van der Waals surface area contributed by atoms with E-state index in [1.54, 1.807) is 0 Å². The van der Waals surface area contributed by atoms with Crippen LogP contribution in [0.1, 0.15) is 30.7 Å². The molecule has 2 unspecified atom stereocenters. The van der Waals surface area contributed by atoms with Gasteiger partial charge < -0.3 is 10.2 Å². The predicted molar refractivity (Wildman–Crippen MR) is 71.4 cm³/mol. The molecule has 96 valence electrons. The van der Waals surface area contributed by atoms with Crippen LogP contribution in [0.4, 0.5) is 0 Å². The topological polar surface area (TPSA) is 32.3 Å². The molecule has 18 heavy (non-hydrogen) atoms. The first-order valence-electron chi connectivity index (χ1n) is 6.92. The third kappa shape index (κ3) is 2.27. The van der Waals surface area contributed by atoms with Crippen molar-refractivity contribution in [1.82, 2.24) is 10.2 Å². The Bertz CT molecular complexity index is 412. The highest BCUT2D eigenvalue weighted by molar-refractivity contribution is 5.82. The average molecular weight is 244 g/mol. The van der Waals surface area contributed by atoms with E-state index in [-0.39, 0.29) is 6.04 Å². The molecule has 0 aromatic heterocycles. The summed E-state index contributed by atoms with van der Waals surface area (Å²) >= 11 is 0. The second kappa shape index (κ2) is 5.11. The van der Waals surface area contributed by atoms with Crippen LogP contribution in [-0.2, 0) is 4.79 Å². The normalized spacial score (nSPS) is 27.7. The quantitative estimate of drug-likeness (QED) is 0.859. The minimum Gasteiger partial charge on any atom is -0.341 e. The number of rotatable bonds is 2. The Morgan fingerprint density at radius 2 is 2.06 bits per heavy atom. The van der Waals surface area contributed by atoms with Crippen LogP contribution in [0.25, 0.3) is 0 Å². The summed E-state index contributed by atoms with van der Waals surface area (Å²) in [5.41, 5.74) is 1.37. The van der Waals surface area contributed by atoms with Crippen LogP contribution in [-0.4, -0.2) is 36.5 Å². The highest BCUT2D eigenvalue weighted by Gasteiger charge is 2.32. The fourth-order valence-corrected chi connectivity index (χ4v) is 3.07. The first-order valence-corrected chi connectivity index (χ1v) is 6.92. The minimum absolute atomic E-state index is 0.0829. The lowest BCUT2D eigenvalue weighted by Gasteiger charge is -2.20. The summed E-state index contributed by atoms with van der Waals surface area (Å²) in [6.45, 7) is 2.80. The number of hydrogen-bond acceptors (Lipinski definition) is 2. The summed E-state index contributed by atoms with van der Waals surface area (Å²) in [5.74, 6) is 0.836. The van der Waals surface area contributed by atoms with E-state index in [2.05, 4.69) is 29.6 Å². The molecule has 1 aromatic carbocycles. The van der Waals surface area contributed by atoms with Crippen LogP contribution in [0.15, 0.2) is 30.3 Å². The highest BCUT2D eigenvalue weighted by atomic mass is 16.2. The van der Waals surface area contributed by atoms with Crippen LogP contribution in [0.5, 0.6) is 0 Å². The summed E-state index contributed by atoms with van der Waals surface area (Å²) in [7, 11) is 0. The van der Waals surface area contributed by atoms with Gasteiger partial charge in [-0.3, -0.25) is 4.79 Å². The Labute approximate surface area is 108 Å². The van der Waals surface area contributed by atoms with Gasteiger partial charge in [-0.15, -0.1) is 0 Å². The summed E-state index contributed by atoms with van der Waals surface area (Å²) in [4.78, 5) is 14.3. The zero-order chi connectivity index (χ0) is 12.4. The van der Waals surface area contributed by atoms with Crippen molar-refractivity contribution in [2.75, 3.05) is 19.6 Å². The lowest BCUT2D eigenvalue weighted by Crippen LogP contribution is -2.42. The van der Waals surface area contributed by atoms with Crippen molar-refractivity contribution in [3.05, 3.63) is 35.9 Å². The van der Waals surface area contributed by atoms with Crippen LogP contribution in [0, 0.1) is 0 Å². The number of amides is 1. The Kier molecular flexibility index (Phi) is 3.33. The van der Waals surface area contributed by atoms with E-state index in [1.807, 2.05) is 11.0 Å². The number of likely N-dealkylation sites (tertiary alicyclic amines) is 1. The smallest absolute Gasteiger partial charge is 0.239 e. The minimum atomic E-state index is 0.0829. The van der Waals surface area contributed by atoms with Gasteiger partial charge in [0.15, 0.2) is 0 Å². The largest absolute Gasteiger partial charge is 0.341 e. The zero-order valence-electron chi connectivity index (χ0n) is 10.6. The number of hydrogen-bond donors (Lipinski definition) is 1. The van der Waals surface area contributed by atoms with Crippen LogP contribution in [0.3, 0.4) is 0 Å². The fourth-order valence-electron chi connectivity index (χ4n) is 3.07. The van der Waals surface area contributed by atoms with Gasteiger partial charge >= 0.3 is 0 Å². The summed E-state index contributed by atoms with van der Waals surface area (Å²) in [6, 6.07) is 10.6. The van der Waals surface area contributed by atoms with E-state index in [0.29, 0.717) is 11.8 Å². The van der Waals surface area contributed by atoms with Gasteiger partial charge in [-0.2, -0.15) is 0 Å². The standard InChI is InChI=1S/C15H20N2O/c18-15(14-7-4-9-16-14)17-10-8-13(11-17)12-5-2-1-3-6-12/h1-3,5-6,13-14,16H,4,7-11H2. The van der Waals surface area contributed by atoms with Gasteiger partial charge in [-0.05, 0) is 31.4 Å². The zero-order valence-corrected chi connectivity index (χ0v) is 10.6. The van der Waals surface area contributed by atoms with E-state index >= 15 is 0 Å². The van der Waals surface area contributed by atoms with Crippen molar-refractivity contribution in [2.45, 2.75) is 31.2 Å². The highest BCUT2D eigenvalue weighted by Crippen LogP contribution is 2.27. The van der Waals surface area contributed by atoms with Crippen molar-refractivity contribution >= 4 is 5.91 Å².